The second-order valence-electron chi connectivity index (χ2n) is 13.8. The van der Waals surface area contributed by atoms with Gasteiger partial charge in [0, 0.05) is 27.9 Å². The van der Waals surface area contributed by atoms with Gasteiger partial charge in [-0.05, 0) is 90.3 Å². The van der Waals surface area contributed by atoms with Crippen molar-refractivity contribution in [2.24, 2.45) is 0 Å². The molecule has 0 fully saturated rings. The predicted octanol–water partition coefficient (Wildman–Crippen LogP) is 12.4. The maximum atomic E-state index is 5.38. The van der Waals surface area contributed by atoms with Crippen LogP contribution in [0, 0.1) is 0 Å². The van der Waals surface area contributed by atoms with Crippen molar-refractivity contribution in [1.82, 2.24) is 9.97 Å². The smallest absolute Gasteiger partial charge is 0.0972 e. The largest absolute Gasteiger partial charge is 0.254 e. The van der Waals surface area contributed by atoms with Crippen LogP contribution < -0.4 is 0 Å². The van der Waals surface area contributed by atoms with Gasteiger partial charge in [-0.15, -0.1) is 0 Å². The van der Waals surface area contributed by atoms with Gasteiger partial charge in [0.05, 0.1) is 16.7 Å². The van der Waals surface area contributed by atoms with E-state index in [1.54, 1.807) is 0 Å². The van der Waals surface area contributed by atoms with Crippen molar-refractivity contribution in [1.29, 1.82) is 0 Å². The summed E-state index contributed by atoms with van der Waals surface area (Å²) in [5, 5.41) is 7.01. The van der Waals surface area contributed by atoms with Gasteiger partial charge in [-0.1, -0.05) is 141 Å². The van der Waals surface area contributed by atoms with Gasteiger partial charge in [0.1, 0.15) is 0 Å². The molecule has 0 atom stereocenters. The Morgan fingerprint density at radius 1 is 0.429 bits per heavy atom. The lowest BCUT2D eigenvalue weighted by atomic mass is 9.81. The Labute approximate surface area is 285 Å². The second kappa shape index (κ2) is 10.4. The molecule has 0 unspecified atom stereocenters. The van der Waals surface area contributed by atoms with Crippen molar-refractivity contribution in [2.45, 2.75) is 19.3 Å². The maximum absolute atomic E-state index is 5.38. The highest BCUT2D eigenvalue weighted by Gasteiger charge is 2.35. The van der Waals surface area contributed by atoms with Crippen LogP contribution >= 0.6 is 0 Å². The van der Waals surface area contributed by atoms with Gasteiger partial charge < -0.3 is 0 Å². The SMILES string of the molecule is CC1(C)c2ccccc2-c2cc(-c3c4ccccc4c(-c4ccc5ccc6cccnc6c5n4)c4ccc(-c5ccccc5)cc34)ccc21. The molecule has 2 aromatic heterocycles. The van der Waals surface area contributed by atoms with E-state index in [4.69, 9.17) is 9.97 Å². The third-order valence-electron chi connectivity index (χ3n) is 10.7. The van der Waals surface area contributed by atoms with Gasteiger partial charge in [-0.2, -0.15) is 0 Å². The molecule has 10 rings (SSSR count). The number of nitrogens with zero attached hydrogens (tertiary/aromatic N) is 2. The quantitative estimate of drug-likeness (QED) is 0.144. The summed E-state index contributed by atoms with van der Waals surface area (Å²) in [6.07, 6.45) is 1.86. The van der Waals surface area contributed by atoms with Crippen molar-refractivity contribution in [3.63, 3.8) is 0 Å². The van der Waals surface area contributed by atoms with E-state index < -0.39 is 0 Å². The highest BCUT2D eigenvalue weighted by Crippen LogP contribution is 2.51. The van der Waals surface area contributed by atoms with E-state index in [2.05, 4.69) is 159 Å². The molecule has 0 amide bonds. The first kappa shape index (κ1) is 27.9. The zero-order valence-electron chi connectivity index (χ0n) is 27.4. The minimum Gasteiger partial charge on any atom is -0.254 e. The highest BCUT2D eigenvalue weighted by atomic mass is 14.8. The van der Waals surface area contributed by atoms with E-state index in [1.807, 2.05) is 12.3 Å². The first-order valence-electron chi connectivity index (χ1n) is 17.0. The fraction of sp³-hybridized carbons (Fsp3) is 0.0638. The maximum Gasteiger partial charge on any atom is 0.0972 e. The molecule has 0 aliphatic heterocycles. The van der Waals surface area contributed by atoms with Crippen LogP contribution in [0.25, 0.3) is 88.0 Å². The van der Waals surface area contributed by atoms with Crippen molar-refractivity contribution in [3.05, 3.63) is 169 Å². The van der Waals surface area contributed by atoms with E-state index in [-0.39, 0.29) is 5.41 Å². The van der Waals surface area contributed by atoms with Crippen molar-refractivity contribution < 1.29 is 0 Å². The fourth-order valence-electron chi connectivity index (χ4n) is 8.31. The molecule has 230 valence electrons. The number of hydrogen-bond donors (Lipinski definition) is 0. The van der Waals surface area contributed by atoms with Crippen LogP contribution in [-0.2, 0) is 5.41 Å². The lowest BCUT2D eigenvalue weighted by molar-refractivity contribution is 0.660. The lowest BCUT2D eigenvalue weighted by Gasteiger charge is -2.22. The van der Waals surface area contributed by atoms with Gasteiger partial charge in [0.25, 0.3) is 0 Å². The Kier molecular flexibility index (Phi) is 5.95. The normalized spacial score (nSPS) is 13.3. The van der Waals surface area contributed by atoms with E-state index in [1.165, 1.54) is 66.1 Å². The van der Waals surface area contributed by atoms with Crippen LogP contribution in [-0.4, -0.2) is 9.97 Å². The number of aromatic nitrogens is 2. The number of rotatable bonds is 3. The summed E-state index contributed by atoms with van der Waals surface area (Å²) in [7, 11) is 0. The third kappa shape index (κ3) is 4.14. The van der Waals surface area contributed by atoms with Crippen LogP contribution in [0.15, 0.2) is 158 Å². The molecule has 2 heterocycles. The van der Waals surface area contributed by atoms with Crippen LogP contribution in [0.4, 0.5) is 0 Å². The Morgan fingerprint density at radius 3 is 1.96 bits per heavy atom. The number of benzene rings is 7. The van der Waals surface area contributed by atoms with E-state index in [0.29, 0.717) is 0 Å². The minimum atomic E-state index is -0.0420. The summed E-state index contributed by atoms with van der Waals surface area (Å²) in [5.41, 5.74) is 14.2. The summed E-state index contributed by atoms with van der Waals surface area (Å²) < 4.78 is 0. The lowest BCUT2D eigenvalue weighted by Crippen LogP contribution is -2.14. The van der Waals surface area contributed by atoms with Gasteiger partial charge >= 0.3 is 0 Å². The van der Waals surface area contributed by atoms with Gasteiger partial charge in [-0.3, -0.25) is 4.98 Å². The molecule has 0 radical (unpaired) electrons. The number of fused-ring (bicyclic) bond motifs is 8. The number of pyridine rings is 2. The molecule has 2 nitrogen and oxygen atoms in total. The molecular weight excluding hydrogens is 593 g/mol. The molecule has 0 saturated carbocycles. The van der Waals surface area contributed by atoms with Crippen molar-refractivity contribution in [3.8, 4) is 44.6 Å². The van der Waals surface area contributed by atoms with E-state index in [0.717, 1.165) is 33.1 Å². The molecular formula is C47H32N2. The first-order valence-corrected chi connectivity index (χ1v) is 17.0. The first-order chi connectivity index (χ1) is 24.1. The Morgan fingerprint density at radius 2 is 1.10 bits per heavy atom. The monoisotopic (exact) mass is 624 g/mol. The predicted molar refractivity (Wildman–Crippen MR) is 206 cm³/mol. The Balaban J connectivity index is 1.31. The standard InChI is InChI=1S/C47H32N2/c1-47(2)40-17-9-8-14-34(40)38-28-33(21-24-41(38)47)43-35-15-6-7-16-36(35)44(37-23-20-32(27-39(37)43)29-11-4-3-5-12-29)42-25-22-31-19-18-30-13-10-26-48-45(30)46(31)49-42/h3-28H,1-2H3. The van der Waals surface area contributed by atoms with Gasteiger partial charge in [0.2, 0.25) is 0 Å². The molecule has 1 aliphatic rings. The molecule has 2 heteroatoms. The molecule has 49 heavy (non-hydrogen) atoms. The highest BCUT2D eigenvalue weighted by molar-refractivity contribution is 6.22. The van der Waals surface area contributed by atoms with Gasteiger partial charge in [-0.25, -0.2) is 4.98 Å². The van der Waals surface area contributed by atoms with Crippen LogP contribution in [0.1, 0.15) is 25.0 Å². The van der Waals surface area contributed by atoms with E-state index in [9.17, 15) is 0 Å². The average molecular weight is 625 g/mol. The van der Waals surface area contributed by atoms with Crippen LogP contribution in [0.5, 0.6) is 0 Å². The van der Waals surface area contributed by atoms with Crippen molar-refractivity contribution >= 4 is 43.4 Å². The van der Waals surface area contributed by atoms with Crippen molar-refractivity contribution in [2.75, 3.05) is 0 Å². The zero-order valence-corrected chi connectivity index (χ0v) is 27.4. The Hall–Kier alpha value is -6.12. The second-order valence-corrected chi connectivity index (χ2v) is 13.8. The third-order valence-corrected chi connectivity index (χ3v) is 10.7. The number of hydrogen-bond acceptors (Lipinski definition) is 2. The van der Waals surface area contributed by atoms with E-state index >= 15 is 0 Å². The molecule has 0 N–H and O–H groups in total. The van der Waals surface area contributed by atoms with Crippen LogP contribution in [0.3, 0.4) is 0 Å². The Bertz CT molecular complexity index is 2790. The van der Waals surface area contributed by atoms with Crippen LogP contribution in [0.2, 0.25) is 0 Å². The summed E-state index contributed by atoms with van der Waals surface area (Å²) in [6.45, 7) is 4.69. The van der Waals surface area contributed by atoms with Gasteiger partial charge in [0.15, 0.2) is 0 Å². The summed E-state index contributed by atoms with van der Waals surface area (Å²) in [6, 6.07) is 55.3. The molecule has 0 saturated heterocycles. The zero-order chi connectivity index (χ0) is 32.7. The summed E-state index contributed by atoms with van der Waals surface area (Å²) in [5.74, 6) is 0. The minimum absolute atomic E-state index is 0.0420. The molecule has 7 aromatic carbocycles. The molecule has 1 aliphatic carbocycles. The molecule has 9 aromatic rings. The fourth-order valence-corrected chi connectivity index (χ4v) is 8.31. The molecule has 0 spiro atoms. The summed E-state index contributed by atoms with van der Waals surface area (Å²) in [4.78, 5) is 10.1. The topological polar surface area (TPSA) is 25.8 Å². The summed E-state index contributed by atoms with van der Waals surface area (Å²) >= 11 is 0. The molecule has 0 bridgehead atoms. The average Bonchev–Trinajstić information content (AvgIpc) is 3.39.